The molecule has 2 atom stereocenters. The van der Waals surface area contributed by atoms with Crippen LogP contribution in [0.3, 0.4) is 0 Å². The highest BCUT2D eigenvalue weighted by molar-refractivity contribution is 9.10. The van der Waals surface area contributed by atoms with Gasteiger partial charge in [0.1, 0.15) is 0 Å². The molecule has 98 valence electrons. The summed E-state index contributed by atoms with van der Waals surface area (Å²) in [4.78, 5) is 0.453. The van der Waals surface area contributed by atoms with Crippen LogP contribution >= 0.6 is 31.9 Å². The van der Waals surface area contributed by atoms with Gasteiger partial charge in [-0.25, -0.2) is 0 Å². The topological polar surface area (TPSA) is 0 Å². The van der Waals surface area contributed by atoms with Crippen LogP contribution < -0.4 is 0 Å². The Balaban J connectivity index is 1.79. The Morgan fingerprint density at radius 2 is 1.63 bits per heavy atom. The van der Waals surface area contributed by atoms with E-state index in [9.17, 15) is 0 Å². The zero-order chi connectivity index (χ0) is 13.2. The zero-order valence-corrected chi connectivity index (χ0v) is 13.8. The van der Waals surface area contributed by atoms with Crippen molar-refractivity contribution < 1.29 is 0 Å². The minimum Gasteiger partial charge on any atom is -0.0836 e. The molecule has 2 heteroatoms. The summed E-state index contributed by atoms with van der Waals surface area (Å²) in [6.45, 7) is 0. The lowest BCUT2D eigenvalue weighted by Gasteiger charge is -2.28. The monoisotopic (exact) mass is 378 g/mol. The summed E-state index contributed by atoms with van der Waals surface area (Å²) in [6.07, 6.45) is 3.66. The SMILES string of the molecule is Brc1ccc(C(Br)C2CCc3ccccc3C2)cc1. The predicted octanol–water partition coefficient (Wildman–Crippen LogP) is 5.69. The molecule has 0 heterocycles. The third kappa shape index (κ3) is 2.95. The van der Waals surface area contributed by atoms with Crippen molar-refractivity contribution in [2.45, 2.75) is 24.1 Å². The van der Waals surface area contributed by atoms with Crippen molar-refractivity contribution in [3.63, 3.8) is 0 Å². The summed E-state index contributed by atoms with van der Waals surface area (Å²) in [5.41, 5.74) is 4.45. The van der Waals surface area contributed by atoms with Gasteiger partial charge >= 0.3 is 0 Å². The second-order valence-corrected chi connectivity index (χ2v) is 7.13. The maximum atomic E-state index is 3.91. The molecule has 0 saturated carbocycles. The van der Waals surface area contributed by atoms with Crippen molar-refractivity contribution >= 4 is 31.9 Å². The highest BCUT2D eigenvalue weighted by Gasteiger charge is 2.25. The molecule has 19 heavy (non-hydrogen) atoms. The standard InChI is InChI=1S/C17H16Br2/c18-16-9-7-13(8-10-16)17(19)15-6-5-12-3-1-2-4-14(12)11-15/h1-4,7-10,15,17H,5-6,11H2. The fourth-order valence-electron chi connectivity index (χ4n) is 2.89. The summed E-state index contributed by atoms with van der Waals surface area (Å²) >= 11 is 7.41. The minimum absolute atomic E-state index is 0.453. The van der Waals surface area contributed by atoms with E-state index in [2.05, 4.69) is 80.4 Å². The third-order valence-electron chi connectivity index (χ3n) is 3.99. The Morgan fingerprint density at radius 1 is 0.947 bits per heavy atom. The summed E-state index contributed by atoms with van der Waals surface area (Å²) in [5.74, 6) is 0.691. The molecule has 0 N–H and O–H groups in total. The average Bonchev–Trinajstić information content (AvgIpc) is 2.47. The van der Waals surface area contributed by atoms with Crippen LogP contribution in [-0.2, 0) is 12.8 Å². The van der Waals surface area contributed by atoms with Gasteiger partial charge in [0, 0.05) is 9.30 Å². The first-order valence-corrected chi connectivity index (χ1v) is 8.41. The van der Waals surface area contributed by atoms with Gasteiger partial charge in [-0.05, 0) is 54.0 Å². The van der Waals surface area contributed by atoms with Crippen molar-refractivity contribution in [1.29, 1.82) is 0 Å². The van der Waals surface area contributed by atoms with E-state index in [1.807, 2.05) is 0 Å². The van der Waals surface area contributed by atoms with Crippen LogP contribution in [0.5, 0.6) is 0 Å². The van der Waals surface area contributed by atoms with E-state index in [0.717, 1.165) is 4.47 Å². The minimum atomic E-state index is 0.453. The molecule has 0 amide bonds. The fraction of sp³-hybridized carbons (Fsp3) is 0.294. The van der Waals surface area contributed by atoms with E-state index in [-0.39, 0.29) is 0 Å². The number of halogens is 2. The molecule has 2 aromatic rings. The van der Waals surface area contributed by atoms with Crippen molar-refractivity contribution in [2.24, 2.45) is 5.92 Å². The van der Waals surface area contributed by atoms with Gasteiger partial charge in [-0.2, -0.15) is 0 Å². The highest BCUT2D eigenvalue weighted by Crippen LogP contribution is 2.39. The van der Waals surface area contributed by atoms with Gasteiger partial charge in [-0.3, -0.25) is 0 Å². The molecule has 0 nitrogen and oxygen atoms in total. The molecule has 0 aliphatic heterocycles. The number of benzene rings is 2. The van der Waals surface area contributed by atoms with Gasteiger partial charge in [-0.1, -0.05) is 68.3 Å². The molecular formula is C17H16Br2. The van der Waals surface area contributed by atoms with Crippen LogP contribution in [0, 0.1) is 5.92 Å². The van der Waals surface area contributed by atoms with Gasteiger partial charge in [0.05, 0.1) is 0 Å². The normalized spacial score (nSPS) is 19.8. The summed E-state index contributed by atoms with van der Waals surface area (Å²) < 4.78 is 1.14. The van der Waals surface area contributed by atoms with Gasteiger partial charge in [-0.15, -0.1) is 0 Å². The van der Waals surface area contributed by atoms with E-state index >= 15 is 0 Å². The second-order valence-electron chi connectivity index (χ2n) is 5.22. The van der Waals surface area contributed by atoms with Crippen molar-refractivity contribution in [3.05, 3.63) is 69.7 Å². The third-order valence-corrected chi connectivity index (χ3v) is 5.79. The Morgan fingerprint density at radius 3 is 2.37 bits per heavy atom. The molecule has 1 aliphatic rings. The van der Waals surface area contributed by atoms with E-state index in [4.69, 9.17) is 0 Å². The number of aryl methyl sites for hydroxylation is 1. The van der Waals surface area contributed by atoms with E-state index in [1.165, 1.54) is 36.0 Å². The zero-order valence-electron chi connectivity index (χ0n) is 10.7. The Labute approximate surface area is 131 Å². The van der Waals surface area contributed by atoms with Crippen molar-refractivity contribution in [2.75, 3.05) is 0 Å². The van der Waals surface area contributed by atoms with Gasteiger partial charge in [0.15, 0.2) is 0 Å². The van der Waals surface area contributed by atoms with Gasteiger partial charge < -0.3 is 0 Å². The highest BCUT2D eigenvalue weighted by atomic mass is 79.9. The predicted molar refractivity (Wildman–Crippen MR) is 87.8 cm³/mol. The molecule has 0 fully saturated rings. The van der Waals surface area contributed by atoms with Crippen molar-refractivity contribution in [1.82, 2.24) is 0 Å². The van der Waals surface area contributed by atoms with Crippen LogP contribution in [0.4, 0.5) is 0 Å². The largest absolute Gasteiger partial charge is 0.0836 e. The fourth-order valence-corrected chi connectivity index (χ4v) is 3.92. The second kappa shape index (κ2) is 5.80. The summed E-state index contributed by atoms with van der Waals surface area (Å²) in [5, 5.41) is 0. The molecule has 2 unspecified atom stereocenters. The quantitative estimate of drug-likeness (QED) is 0.588. The van der Waals surface area contributed by atoms with Crippen LogP contribution in [0.1, 0.15) is 27.9 Å². The Bertz CT molecular complexity index is 560. The van der Waals surface area contributed by atoms with Crippen LogP contribution in [0.15, 0.2) is 53.0 Å². The molecule has 0 bridgehead atoms. The first kappa shape index (κ1) is 13.4. The smallest absolute Gasteiger partial charge is 0.0426 e. The Kier molecular flexibility index (Phi) is 4.09. The van der Waals surface area contributed by atoms with E-state index < -0.39 is 0 Å². The van der Waals surface area contributed by atoms with E-state index in [0.29, 0.717) is 10.7 Å². The molecule has 1 aliphatic carbocycles. The van der Waals surface area contributed by atoms with Crippen LogP contribution in [0.2, 0.25) is 0 Å². The lowest BCUT2D eigenvalue weighted by atomic mass is 9.81. The average molecular weight is 380 g/mol. The van der Waals surface area contributed by atoms with Crippen LogP contribution in [-0.4, -0.2) is 0 Å². The Hall–Kier alpha value is -0.600. The summed E-state index contributed by atoms with van der Waals surface area (Å²) in [6, 6.07) is 17.5. The van der Waals surface area contributed by atoms with Gasteiger partial charge in [0.25, 0.3) is 0 Å². The first-order valence-electron chi connectivity index (χ1n) is 6.70. The molecule has 0 aromatic heterocycles. The number of fused-ring (bicyclic) bond motifs is 1. The van der Waals surface area contributed by atoms with Crippen LogP contribution in [0.25, 0.3) is 0 Å². The lowest BCUT2D eigenvalue weighted by Crippen LogP contribution is -2.18. The molecular weight excluding hydrogens is 364 g/mol. The van der Waals surface area contributed by atoms with E-state index in [1.54, 1.807) is 0 Å². The number of alkyl halides is 1. The summed E-state index contributed by atoms with van der Waals surface area (Å²) in [7, 11) is 0. The maximum Gasteiger partial charge on any atom is 0.0426 e. The molecule has 0 saturated heterocycles. The molecule has 0 radical (unpaired) electrons. The number of hydrogen-bond donors (Lipinski definition) is 0. The van der Waals surface area contributed by atoms with Crippen molar-refractivity contribution in [3.8, 4) is 0 Å². The first-order chi connectivity index (χ1) is 9.24. The number of hydrogen-bond acceptors (Lipinski definition) is 0. The molecule has 3 rings (SSSR count). The van der Waals surface area contributed by atoms with Gasteiger partial charge in [0.2, 0.25) is 0 Å². The molecule has 0 spiro atoms. The number of rotatable bonds is 2. The molecule has 2 aromatic carbocycles. The maximum absolute atomic E-state index is 3.91. The lowest BCUT2D eigenvalue weighted by molar-refractivity contribution is 0.453.